The molecule has 2 fully saturated rings. The number of pyridine rings is 1. The third-order valence-corrected chi connectivity index (χ3v) is 5.70. The van der Waals surface area contributed by atoms with Crippen molar-refractivity contribution in [3.63, 3.8) is 0 Å². The van der Waals surface area contributed by atoms with Gasteiger partial charge in [0.05, 0.1) is 12.6 Å². The Bertz CT molecular complexity index is 937. The molecular weight excluding hydrogens is 361 g/mol. The van der Waals surface area contributed by atoms with Crippen LogP contribution in [0.3, 0.4) is 0 Å². The summed E-state index contributed by atoms with van der Waals surface area (Å²) in [7, 11) is 0. The summed E-state index contributed by atoms with van der Waals surface area (Å²) < 4.78 is 19.9. The lowest BCUT2D eigenvalue weighted by atomic mass is 9.92. The number of hydrogen-bond donors (Lipinski definition) is 2. The highest BCUT2D eigenvalue weighted by Crippen LogP contribution is 2.35. The maximum atomic E-state index is 14.1. The average molecular weight is 383 g/mol. The molecule has 28 heavy (non-hydrogen) atoms. The van der Waals surface area contributed by atoms with Crippen molar-refractivity contribution >= 4 is 11.8 Å². The third-order valence-electron chi connectivity index (χ3n) is 5.70. The van der Waals surface area contributed by atoms with E-state index >= 15 is 0 Å². The molecular formula is C20H22FN5O2. The zero-order valence-electron chi connectivity index (χ0n) is 15.6. The lowest BCUT2D eigenvalue weighted by molar-refractivity contribution is 0.217. The number of hydrazine groups is 1. The molecule has 0 saturated carbocycles. The van der Waals surface area contributed by atoms with E-state index in [2.05, 4.69) is 15.8 Å². The van der Waals surface area contributed by atoms with Gasteiger partial charge in [0.15, 0.2) is 0 Å². The molecule has 2 atom stereocenters. The number of nitrogens with one attached hydrogen (secondary N) is 2. The molecule has 2 saturated heterocycles. The van der Waals surface area contributed by atoms with Crippen molar-refractivity contribution in [3.05, 3.63) is 52.8 Å². The summed E-state index contributed by atoms with van der Waals surface area (Å²) in [5, 5.41) is 0. The maximum absolute atomic E-state index is 14.1. The number of aryl methyl sites for hydroxylation is 1. The van der Waals surface area contributed by atoms with Gasteiger partial charge in [0.25, 0.3) is 0 Å². The Kier molecular flexibility index (Phi) is 4.17. The van der Waals surface area contributed by atoms with E-state index in [0.717, 1.165) is 17.7 Å². The van der Waals surface area contributed by atoms with Gasteiger partial charge in [-0.05, 0) is 25.1 Å². The lowest BCUT2D eigenvalue weighted by Gasteiger charge is -2.27. The molecule has 3 aliphatic rings. The zero-order chi connectivity index (χ0) is 19.3. The second kappa shape index (κ2) is 6.72. The van der Waals surface area contributed by atoms with Gasteiger partial charge in [-0.2, -0.15) is 4.98 Å². The van der Waals surface area contributed by atoms with Crippen LogP contribution in [-0.4, -0.2) is 48.2 Å². The Morgan fingerprint density at radius 3 is 3.07 bits per heavy atom. The van der Waals surface area contributed by atoms with Crippen LogP contribution < -0.4 is 20.5 Å². The summed E-state index contributed by atoms with van der Waals surface area (Å²) in [6.07, 6.45) is 0. The fourth-order valence-corrected chi connectivity index (χ4v) is 4.16. The molecule has 8 heteroatoms. The topological polar surface area (TPSA) is 69.7 Å². The van der Waals surface area contributed by atoms with Crippen LogP contribution in [0.1, 0.15) is 22.6 Å². The molecule has 0 aliphatic carbocycles. The van der Waals surface area contributed by atoms with Crippen LogP contribution >= 0.6 is 0 Å². The summed E-state index contributed by atoms with van der Waals surface area (Å²) in [4.78, 5) is 20.8. The largest absolute Gasteiger partial charge is 0.476 e. The number of benzene rings is 1. The number of halogens is 1. The SMILES string of the molecule is Cc1ccc(F)c(CN2CCN(c3ccc4c(n3)OCC3NNCC43)C2=O)c1. The van der Waals surface area contributed by atoms with Crippen LogP contribution in [0.5, 0.6) is 5.88 Å². The zero-order valence-corrected chi connectivity index (χ0v) is 15.6. The predicted molar refractivity (Wildman–Crippen MR) is 102 cm³/mol. The van der Waals surface area contributed by atoms with E-state index in [1.165, 1.54) is 6.07 Å². The summed E-state index contributed by atoms with van der Waals surface area (Å²) in [5.74, 6) is 1.21. The minimum Gasteiger partial charge on any atom is -0.476 e. The van der Waals surface area contributed by atoms with Gasteiger partial charge in [0, 0.05) is 36.7 Å². The monoisotopic (exact) mass is 383 g/mol. The van der Waals surface area contributed by atoms with E-state index in [4.69, 9.17) is 4.74 Å². The van der Waals surface area contributed by atoms with Gasteiger partial charge in [-0.25, -0.2) is 9.18 Å². The minimum absolute atomic E-state index is 0.161. The highest BCUT2D eigenvalue weighted by atomic mass is 19.1. The Morgan fingerprint density at radius 2 is 2.18 bits per heavy atom. The number of ether oxygens (including phenoxy) is 1. The van der Waals surface area contributed by atoms with Crippen molar-refractivity contribution in [1.82, 2.24) is 20.7 Å². The average Bonchev–Trinajstić information content (AvgIpc) is 3.31. The van der Waals surface area contributed by atoms with Gasteiger partial charge < -0.3 is 9.64 Å². The van der Waals surface area contributed by atoms with Crippen molar-refractivity contribution in [1.29, 1.82) is 0 Å². The minimum atomic E-state index is -0.287. The normalized spacial score (nSPS) is 23.6. The number of carbonyl (C=O) groups is 1. The van der Waals surface area contributed by atoms with Crippen molar-refractivity contribution in [3.8, 4) is 5.88 Å². The van der Waals surface area contributed by atoms with Crippen LogP contribution in [0, 0.1) is 12.7 Å². The highest BCUT2D eigenvalue weighted by Gasteiger charge is 2.37. The van der Waals surface area contributed by atoms with Crippen molar-refractivity contribution in [2.45, 2.75) is 25.4 Å². The molecule has 0 radical (unpaired) electrons. The number of fused-ring (bicyclic) bond motifs is 3. The second-order valence-electron chi connectivity index (χ2n) is 7.56. The number of anilines is 1. The molecule has 5 rings (SSSR count). The number of hydrogen-bond acceptors (Lipinski definition) is 5. The molecule has 146 valence electrons. The first kappa shape index (κ1) is 17.4. The smallest absolute Gasteiger partial charge is 0.326 e. The summed E-state index contributed by atoms with van der Waals surface area (Å²) >= 11 is 0. The number of aromatic nitrogens is 1. The van der Waals surface area contributed by atoms with Gasteiger partial charge in [-0.3, -0.25) is 15.8 Å². The van der Waals surface area contributed by atoms with Crippen LogP contribution in [0.15, 0.2) is 30.3 Å². The molecule has 4 heterocycles. The van der Waals surface area contributed by atoms with E-state index in [1.807, 2.05) is 19.1 Å². The first-order valence-corrected chi connectivity index (χ1v) is 9.54. The molecule has 2 aromatic rings. The van der Waals surface area contributed by atoms with Crippen LogP contribution in [0.2, 0.25) is 0 Å². The fourth-order valence-electron chi connectivity index (χ4n) is 4.16. The lowest BCUT2D eigenvalue weighted by Crippen LogP contribution is -2.39. The van der Waals surface area contributed by atoms with Gasteiger partial charge in [0.2, 0.25) is 5.88 Å². The predicted octanol–water partition coefficient (Wildman–Crippen LogP) is 1.92. The first-order chi connectivity index (χ1) is 13.6. The fraction of sp³-hybridized carbons (Fsp3) is 0.400. The Morgan fingerprint density at radius 1 is 1.29 bits per heavy atom. The molecule has 3 aliphatic heterocycles. The van der Waals surface area contributed by atoms with Crippen LogP contribution in [0.25, 0.3) is 0 Å². The molecule has 2 unspecified atom stereocenters. The van der Waals surface area contributed by atoms with Gasteiger partial charge >= 0.3 is 6.03 Å². The van der Waals surface area contributed by atoms with Crippen molar-refractivity contribution in [2.24, 2.45) is 0 Å². The third kappa shape index (κ3) is 2.89. The number of carbonyl (C=O) groups excluding carboxylic acids is 1. The van der Waals surface area contributed by atoms with E-state index in [1.54, 1.807) is 21.9 Å². The van der Waals surface area contributed by atoms with Gasteiger partial charge in [-0.1, -0.05) is 17.7 Å². The summed E-state index contributed by atoms with van der Waals surface area (Å²) in [6.45, 7) is 4.61. The van der Waals surface area contributed by atoms with E-state index in [0.29, 0.717) is 42.9 Å². The molecule has 0 bridgehead atoms. The molecule has 0 spiro atoms. The van der Waals surface area contributed by atoms with Gasteiger partial charge in [-0.15, -0.1) is 0 Å². The Hall–Kier alpha value is -2.71. The van der Waals surface area contributed by atoms with Crippen molar-refractivity contribution in [2.75, 3.05) is 31.1 Å². The van der Waals surface area contributed by atoms with Crippen LogP contribution in [0.4, 0.5) is 15.0 Å². The Labute approximate surface area is 162 Å². The maximum Gasteiger partial charge on any atom is 0.326 e. The first-order valence-electron chi connectivity index (χ1n) is 9.54. The molecule has 2 amide bonds. The number of amides is 2. The van der Waals surface area contributed by atoms with E-state index in [9.17, 15) is 9.18 Å². The Balaban J connectivity index is 1.35. The van der Waals surface area contributed by atoms with Crippen LogP contribution in [-0.2, 0) is 6.54 Å². The quantitative estimate of drug-likeness (QED) is 0.848. The molecule has 7 nitrogen and oxygen atoms in total. The number of urea groups is 1. The standard InChI is InChI=1S/C20H22FN5O2/c1-12-2-4-16(21)13(8-12)10-25-6-7-26(20(25)27)18-5-3-14-15-9-22-24-17(15)11-28-19(14)23-18/h2-5,8,15,17,22,24H,6-7,9-11H2,1H3. The molecule has 2 N–H and O–H groups in total. The summed E-state index contributed by atoms with van der Waals surface area (Å²) in [6, 6.07) is 8.92. The highest BCUT2D eigenvalue weighted by molar-refractivity contribution is 5.93. The molecule has 1 aromatic carbocycles. The second-order valence-corrected chi connectivity index (χ2v) is 7.56. The van der Waals surface area contributed by atoms with Crippen molar-refractivity contribution < 1.29 is 13.9 Å². The summed E-state index contributed by atoms with van der Waals surface area (Å²) in [5.41, 5.74) is 8.93. The number of rotatable bonds is 3. The van der Waals surface area contributed by atoms with E-state index in [-0.39, 0.29) is 24.4 Å². The van der Waals surface area contributed by atoms with Gasteiger partial charge in [0.1, 0.15) is 18.2 Å². The van der Waals surface area contributed by atoms with E-state index < -0.39 is 0 Å². The number of nitrogens with zero attached hydrogens (tertiary/aromatic N) is 3. The molecule has 1 aromatic heterocycles.